The van der Waals surface area contributed by atoms with Crippen molar-refractivity contribution in [2.75, 3.05) is 13.1 Å². The number of nitrogens with zero attached hydrogens (tertiary/aromatic N) is 6. The third-order valence-electron chi connectivity index (χ3n) is 5.99. The number of hydrogen-bond donors (Lipinski definition) is 2. The second-order valence-electron chi connectivity index (χ2n) is 8.27. The first-order chi connectivity index (χ1) is 17.0. The quantitative estimate of drug-likeness (QED) is 0.405. The lowest BCUT2D eigenvalue weighted by molar-refractivity contribution is -0.146. The van der Waals surface area contributed by atoms with Crippen molar-refractivity contribution < 1.29 is 22.8 Å². The number of aryl methyl sites for hydroxylation is 1. The van der Waals surface area contributed by atoms with Crippen LogP contribution in [0.4, 0.5) is 13.2 Å². The predicted molar refractivity (Wildman–Crippen MR) is 120 cm³/mol. The lowest BCUT2D eigenvalue weighted by Gasteiger charge is -2.37. The van der Waals surface area contributed by atoms with Gasteiger partial charge in [0.2, 0.25) is 11.7 Å². The molecule has 0 aliphatic carbocycles. The average molecular weight is 498 g/mol. The van der Waals surface area contributed by atoms with Crippen LogP contribution in [0.15, 0.2) is 35.8 Å². The molecule has 0 atom stereocenters. The number of H-pyrrole nitrogens is 1. The minimum atomic E-state index is -5.06. The monoisotopic (exact) mass is 498 g/mol. The lowest BCUT2D eigenvalue weighted by atomic mass is 9.98. The number of nitrogens with two attached hydrogens (primary N) is 1. The van der Waals surface area contributed by atoms with Gasteiger partial charge >= 0.3 is 6.18 Å². The molecule has 3 aromatic heterocycles. The van der Waals surface area contributed by atoms with Crippen LogP contribution in [0.1, 0.15) is 33.6 Å². The fraction of sp³-hybridized carbons (Fsp3) is 0.227. The van der Waals surface area contributed by atoms with Crippen molar-refractivity contribution in [1.29, 1.82) is 0 Å². The number of fused-ring (bicyclic) bond motifs is 2. The van der Waals surface area contributed by atoms with Gasteiger partial charge in [0.15, 0.2) is 5.65 Å². The number of benzene rings is 1. The van der Waals surface area contributed by atoms with Crippen LogP contribution >= 0.6 is 0 Å². The molecule has 1 fully saturated rings. The highest BCUT2D eigenvalue weighted by Gasteiger charge is 2.40. The zero-order chi connectivity index (χ0) is 25.9. The molecule has 14 heteroatoms. The maximum absolute atomic E-state index is 14.2. The number of aromatic amines is 1. The highest BCUT2D eigenvalue weighted by atomic mass is 19.4. The average Bonchev–Trinajstić information content (AvgIpc) is 3.26. The van der Waals surface area contributed by atoms with Gasteiger partial charge in [-0.15, -0.1) is 0 Å². The van der Waals surface area contributed by atoms with E-state index in [0.29, 0.717) is 15.6 Å². The standard InChI is InChI=1S/C22H17F3N8O3/c1-3-13(34)32-7-10(8-32)18-28-15(17(26)35)14-19(29-18)30-21(22(23,24)25)33(20(14)36)16-9(2)4-5-12-11(16)6-27-31-12/h3-6,10H,1,7-8H2,2H3,(H2,26,35)(H,27,31). The first-order valence-electron chi connectivity index (χ1n) is 10.6. The highest BCUT2D eigenvalue weighted by Crippen LogP contribution is 2.33. The first-order valence-corrected chi connectivity index (χ1v) is 10.6. The number of nitrogens with one attached hydrogen (secondary N) is 1. The molecule has 36 heavy (non-hydrogen) atoms. The van der Waals surface area contributed by atoms with Crippen molar-refractivity contribution in [1.82, 2.24) is 34.6 Å². The lowest BCUT2D eigenvalue weighted by Crippen LogP contribution is -2.48. The largest absolute Gasteiger partial charge is 0.450 e. The molecule has 5 rings (SSSR count). The fourth-order valence-electron chi connectivity index (χ4n) is 4.22. The summed E-state index contributed by atoms with van der Waals surface area (Å²) in [7, 11) is 0. The van der Waals surface area contributed by atoms with Gasteiger partial charge in [0.05, 0.1) is 23.3 Å². The first kappa shape index (κ1) is 23.1. The Hall–Kier alpha value is -4.62. The summed E-state index contributed by atoms with van der Waals surface area (Å²) in [6.45, 7) is 5.23. The summed E-state index contributed by atoms with van der Waals surface area (Å²) in [5.41, 5.74) is 3.71. The van der Waals surface area contributed by atoms with Crippen molar-refractivity contribution in [2.24, 2.45) is 5.73 Å². The minimum absolute atomic E-state index is 0.0460. The topological polar surface area (TPSA) is 153 Å². The van der Waals surface area contributed by atoms with Crippen LogP contribution in [-0.2, 0) is 11.0 Å². The number of hydrogen-bond acceptors (Lipinski definition) is 7. The Morgan fingerprint density at radius 2 is 1.94 bits per heavy atom. The number of primary amides is 1. The molecule has 0 spiro atoms. The molecule has 4 heterocycles. The zero-order valence-corrected chi connectivity index (χ0v) is 18.6. The minimum Gasteiger partial charge on any atom is -0.364 e. The number of likely N-dealkylation sites (tertiary alicyclic amines) is 1. The van der Waals surface area contributed by atoms with E-state index in [-0.39, 0.29) is 35.9 Å². The van der Waals surface area contributed by atoms with E-state index in [1.807, 2.05) is 0 Å². The van der Waals surface area contributed by atoms with Gasteiger partial charge in [0.1, 0.15) is 16.9 Å². The molecule has 2 amide bonds. The van der Waals surface area contributed by atoms with Gasteiger partial charge in [-0.2, -0.15) is 18.3 Å². The fourth-order valence-corrected chi connectivity index (χ4v) is 4.22. The van der Waals surface area contributed by atoms with Crippen LogP contribution in [-0.4, -0.2) is 59.5 Å². The Labute approximate surface area is 199 Å². The Morgan fingerprint density at radius 3 is 2.58 bits per heavy atom. The molecule has 0 bridgehead atoms. The summed E-state index contributed by atoms with van der Waals surface area (Å²) in [5.74, 6) is -3.54. The van der Waals surface area contributed by atoms with E-state index < -0.39 is 46.1 Å². The molecular weight excluding hydrogens is 481 g/mol. The third-order valence-corrected chi connectivity index (χ3v) is 5.99. The van der Waals surface area contributed by atoms with Crippen molar-refractivity contribution in [2.45, 2.75) is 19.0 Å². The van der Waals surface area contributed by atoms with Crippen LogP contribution in [0.3, 0.4) is 0 Å². The number of amides is 2. The maximum atomic E-state index is 14.2. The van der Waals surface area contributed by atoms with E-state index in [4.69, 9.17) is 5.73 Å². The number of halogens is 3. The third kappa shape index (κ3) is 3.49. The Morgan fingerprint density at radius 1 is 1.22 bits per heavy atom. The molecule has 1 aromatic carbocycles. The van der Waals surface area contributed by atoms with Gasteiger partial charge in [-0.3, -0.25) is 24.0 Å². The molecule has 0 unspecified atom stereocenters. The Bertz CT molecular complexity index is 1650. The molecule has 184 valence electrons. The number of carbonyl (C=O) groups is 2. The normalized spacial score (nSPS) is 14.3. The molecule has 3 N–H and O–H groups in total. The van der Waals surface area contributed by atoms with Gasteiger partial charge in [-0.05, 0) is 24.6 Å². The predicted octanol–water partition coefficient (Wildman–Crippen LogP) is 1.59. The van der Waals surface area contributed by atoms with Crippen molar-refractivity contribution in [3.63, 3.8) is 0 Å². The summed E-state index contributed by atoms with van der Waals surface area (Å²) in [6.07, 6.45) is -2.65. The Kier molecular flexibility index (Phi) is 5.12. The van der Waals surface area contributed by atoms with Gasteiger partial charge in [-0.25, -0.2) is 15.0 Å². The number of alkyl halides is 3. The van der Waals surface area contributed by atoms with Crippen molar-refractivity contribution >= 4 is 33.8 Å². The Balaban J connectivity index is 1.81. The van der Waals surface area contributed by atoms with Gasteiger partial charge < -0.3 is 10.6 Å². The molecule has 0 saturated carbocycles. The molecule has 11 nitrogen and oxygen atoms in total. The SMILES string of the molecule is C=CC(=O)N1CC(c2nc(C(N)=O)c3c(=O)n(-c4c(C)ccc5[nH]ncc45)c(C(F)(F)F)nc3n2)C1. The van der Waals surface area contributed by atoms with E-state index in [1.165, 1.54) is 24.1 Å². The van der Waals surface area contributed by atoms with Gasteiger partial charge in [0, 0.05) is 18.5 Å². The second-order valence-corrected chi connectivity index (χ2v) is 8.27. The van der Waals surface area contributed by atoms with Crippen LogP contribution in [0.5, 0.6) is 0 Å². The molecule has 1 saturated heterocycles. The van der Waals surface area contributed by atoms with Crippen LogP contribution in [0.2, 0.25) is 0 Å². The van der Waals surface area contributed by atoms with Crippen molar-refractivity contribution in [3.05, 3.63) is 64.2 Å². The van der Waals surface area contributed by atoms with Crippen molar-refractivity contribution in [3.8, 4) is 5.69 Å². The summed E-state index contributed by atoms with van der Waals surface area (Å²) in [5, 5.41) is 6.20. The molecule has 1 aliphatic rings. The highest BCUT2D eigenvalue weighted by molar-refractivity contribution is 6.02. The van der Waals surface area contributed by atoms with E-state index in [0.717, 1.165) is 6.08 Å². The van der Waals surface area contributed by atoms with E-state index >= 15 is 0 Å². The smallest absolute Gasteiger partial charge is 0.364 e. The number of rotatable bonds is 4. The van der Waals surface area contributed by atoms with Gasteiger partial charge in [0.25, 0.3) is 11.5 Å². The summed E-state index contributed by atoms with van der Waals surface area (Å²) < 4.78 is 43.1. The molecular formula is C22H17F3N8O3. The number of carbonyl (C=O) groups excluding carboxylic acids is 2. The maximum Gasteiger partial charge on any atom is 0.450 e. The molecule has 1 aliphatic heterocycles. The second kappa shape index (κ2) is 7.96. The summed E-state index contributed by atoms with van der Waals surface area (Å²) >= 11 is 0. The molecule has 4 aromatic rings. The van der Waals surface area contributed by atoms with Crippen LogP contribution in [0, 0.1) is 6.92 Å². The molecule has 0 radical (unpaired) electrons. The van der Waals surface area contributed by atoms with E-state index in [2.05, 4.69) is 31.7 Å². The summed E-state index contributed by atoms with van der Waals surface area (Å²) in [4.78, 5) is 50.9. The zero-order valence-electron chi connectivity index (χ0n) is 18.6. The van der Waals surface area contributed by atoms with E-state index in [9.17, 15) is 27.6 Å². The van der Waals surface area contributed by atoms with E-state index in [1.54, 1.807) is 6.07 Å². The van der Waals surface area contributed by atoms with Crippen LogP contribution < -0.4 is 11.3 Å². The summed E-state index contributed by atoms with van der Waals surface area (Å²) in [6, 6.07) is 3.13. The van der Waals surface area contributed by atoms with Crippen LogP contribution in [0.25, 0.3) is 27.6 Å². The number of aromatic nitrogens is 6. The van der Waals surface area contributed by atoms with Gasteiger partial charge in [-0.1, -0.05) is 12.6 Å².